The van der Waals surface area contributed by atoms with Crippen molar-refractivity contribution in [2.24, 2.45) is 0 Å². The van der Waals surface area contributed by atoms with E-state index in [0.717, 1.165) is 16.3 Å². The number of benzene rings is 3. The maximum Gasteiger partial charge on any atom is 0.239 e. The Morgan fingerprint density at radius 2 is 1.79 bits per heavy atom. The minimum Gasteiger partial charge on any atom is -0.497 e. The van der Waals surface area contributed by atoms with Crippen LogP contribution in [0.4, 0.5) is 0 Å². The predicted octanol–water partition coefficient (Wildman–Crippen LogP) is 4.36. The third-order valence-electron chi connectivity index (χ3n) is 4.60. The van der Waals surface area contributed by atoms with E-state index in [1.165, 1.54) is 0 Å². The first-order chi connectivity index (χ1) is 14.2. The first-order valence-electron chi connectivity index (χ1n) is 9.04. The zero-order valence-corrected chi connectivity index (χ0v) is 16.9. The average molecular weight is 408 g/mol. The SMILES string of the molecule is COc1ccc(-c2noc(CS(=O)Cc3cccc4ccccc34)n2)c(OC)c1. The molecule has 0 bridgehead atoms. The highest BCUT2D eigenvalue weighted by atomic mass is 32.2. The van der Waals surface area contributed by atoms with E-state index in [1.54, 1.807) is 32.4 Å². The number of aromatic nitrogens is 2. The minimum absolute atomic E-state index is 0.189. The summed E-state index contributed by atoms with van der Waals surface area (Å²) in [6.45, 7) is 0. The minimum atomic E-state index is -1.18. The lowest BCUT2D eigenvalue weighted by Gasteiger charge is -2.07. The molecule has 1 unspecified atom stereocenters. The van der Waals surface area contributed by atoms with Gasteiger partial charge in [0.25, 0.3) is 0 Å². The van der Waals surface area contributed by atoms with E-state index in [4.69, 9.17) is 14.0 Å². The molecule has 1 atom stereocenters. The van der Waals surface area contributed by atoms with Crippen LogP contribution in [0.2, 0.25) is 0 Å². The smallest absolute Gasteiger partial charge is 0.239 e. The first kappa shape index (κ1) is 19.1. The van der Waals surface area contributed by atoms with Gasteiger partial charge in [-0.3, -0.25) is 4.21 Å². The molecular formula is C22H20N2O4S. The van der Waals surface area contributed by atoms with Gasteiger partial charge < -0.3 is 14.0 Å². The standard InChI is InChI=1S/C22H20N2O4S/c1-26-17-10-11-19(20(12-17)27-2)22-23-21(28-24-22)14-29(25)13-16-8-5-7-15-6-3-4-9-18(15)16/h3-12H,13-14H2,1-2H3. The number of rotatable bonds is 7. The van der Waals surface area contributed by atoms with Crippen LogP contribution < -0.4 is 9.47 Å². The zero-order valence-electron chi connectivity index (χ0n) is 16.1. The van der Waals surface area contributed by atoms with Gasteiger partial charge in [-0.2, -0.15) is 4.98 Å². The van der Waals surface area contributed by atoms with Gasteiger partial charge >= 0.3 is 0 Å². The van der Waals surface area contributed by atoms with Gasteiger partial charge in [0.1, 0.15) is 17.3 Å². The van der Waals surface area contributed by atoms with E-state index in [-0.39, 0.29) is 5.75 Å². The molecule has 0 aliphatic carbocycles. The Hall–Kier alpha value is -3.19. The summed E-state index contributed by atoms with van der Waals surface area (Å²) < 4.78 is 28.6. The molecule has 3 aromatic carbocycles. The molecule has 0 fully saturated rings. The number of hydrogen-bond acceptors (Lipinski definition) is 6. The summed E-state index contributed by atoms with van der Waals surface area (Å²) in [5.74, 6) is 2.58. The lowest BCUT2D eigenvalue weighted by Crippen LogP contribution is -2.00. The van der Waals surface area contributed by atoms with Gasteiger partial charge in [-0.05, 0) is 28.5 Å². The van der Waals surface area contributed by atoms with Gasteiger partial charge in [-0.25, -0.2) is 0 Å². The predicted molar refractivity (Wildman–Crippen MR) is 112 cm³/mol. The highest BCUT2D eigenvalue weighted by Crippen LogP contribution is 2.31. The van der Waals surface area contributed by atoms with Crippen LogP contribution in [-0.4, -0.2) is 28.6 Å². The Bertz CT molecular complexity index is 1170. The van der Waals surface area contributed by atoms with E-state index >= 15 is 0 Å². The Labute approximate surface area is 170 Å². The van der Waals surface area contributed by atoms with Gasteiger partial charge in [0.15, 0.2) is 0 Å². The second kappa shape index (κ2) is 8.45. The van der Waals surface area contributed by atoms with Crippen molar-refractivity contribution < 1.29 is 18.2 Å². The summed E-state index contributed by atoms with van der Waals surface area (Å²) in [6, 6.07) is 19.5. The fraction of sp³-hybridized carbons (Fsp3) is 0.182. The van der Waals surface area contributed by atoms with Crippen LogP contribution >= 0.6 is 0 Å². The molecule has 7 heteroatoms. The van der Waals surface area contributed by atoms with Crippen LogP contribution in [0.3, 0.4) is 0 Å². The Balaban J connectivity index is 1.51. The maximum absolute atomic E-state index is 12.7. The van der Waals surface area contributed by atoms with Crippen LogP contribution in [0.1, 0.15) is 11.5 Å². The monoisotopic (exact) mass is 408 g/mol. The lowest BCUT2D eigenvalue weighted by molar-refractivity contribution is 0.387. The normalized spacial score (nSPS) is 12.1. The lowest BCUT2D eigenvalue weighted by atomic mass is 10.1. The van der Waals surface area contributed by atoms with E-state index in [0.29, 0.717) is 34.5 Å². The molecule has 0 saturated heterocycles. The molecule has 1 aromatic heterocycles. The van der Waals surface area contributed by atoms with Gasteiger partial charge in [0.05, 0.1) is 19.8 Å². The van der Waals surface area contributed by atoms with Gasteiger partial charge in [0.2, 0.25) is 11.7 Å². The number of ether oxygens (including phenoxy) is 2. The largest absolute Gasteiger partial charge is 0.497 e. The molecule has 4 rings (SSSR count). The second-order valence-corrected chi connectivity index (χ2v) is 7.90. The summed E-state index contributed by atoms with van der Waals surface area (Å²) in [5.41, 5.74) is 1.72. The van der Waals surface area contributed by atoms with Gasteiger partial charge in [-0.15, -0.1) is 0 Å². The van der Waals surface area contributed by atoms with Gasteiger partial charge in [-0.1, -0.05) is 47.6 Å². The third kappa shape index (κ3) is 4.14. The van der Waals surface area contributed by atoms with Crippen molar-refractivity contribution in [3.8, 4) is 22.9 Å². The number of methoxy groups -OCH3 is 2. The van der Waals surface area contributed by atoms with E-state index in [1.807, 2.05) is 42.5 Å². The Morgan fingerprint density at radius 1 is 0.966 bits per heavy atom. The molecule has 29 heavy (non-hydrogen) atoms. The molecule has 0 spiro atoms. The first-order valence-corrected chi connectivity index (χ1v) is 10.5. The second-order valence-electron chi connectivity index (χ2n) is 6.44. The van der Waals surface area contributed by atoms with Crippen LogP contribution in [-0.2, 0) is 22.3 Å². The highest BCUT2D eigenvalue weighted by Gasteiger charge is 2.16. The molecule has 4 aromatic rings. The molecule has 148 valence electrons. The van der Waals surface area contributed by atoms with Crippen molar-refractivity contribution in [3.05, 3.63) is 72.1 Å². The van der Waals surface area contributed by atoms with Crippen LogP contribution in [0.15, 0.2) is 65.2 Å². The summed E-state index contributed by atoms with van der Waals surface area (Å²) in [7, 11) is 1.98. The van der Waals surface area contributed by atoms with Crippen LogP contribution in [0.5, 0.6) is 11.5 Å². The van der Waals surface area contributed by atoms with Crippen molar-refractivity contribution in [2.75, 3.05) is 14.2 Å². The van der Waals surface area contributed by atoms with E-state index in [9.17, 15) is 4.21 Å². The zero-order chi connectivity index (χ0) is 20.2. The number of fused-ring (bicyclic) bond motifs is 1. The van der Waals surface area contributed by atoms with Crippen LogP contribution in [0.25, 0.3) is 22.2 Å². The fourth-order valence-corrected chi connectivity index (χ4v) is 4.28. The van der Waals surface area contributed by atoms with Gasteiger partial charge in [0, 0.05) is 22.6 Å². The number of nitrogens with zero attached hydrogens (tertiary/aromatic N) is 2. The van der Waals surface area contributed by atoms with E-state index in [2.05, 4.69) is 10.1 Å². The van der Waals surface area contributed by atoms with Crippen molar-refractivity contribution in [1.82, 2.24) is 10.1 Å². The summed E-state index contributed by atoms with van der Waals surface area (Å²) in [6.07, 6.45) is 0. The fourth-order valence-electron chi connectivity index (χ4n) is 3.19. The molecule has 0 saturated carbocycles. The average Bonchev–Trinajstić information content (AvgIpc) is 3.21. The summed E-state index contributed by atoms with van der Waals surface area (Å²) >= 11 is 0. The highest BCUT2D eigenvalue weighted by molar-refractivity contribution is 7.83. The summed E-state index contributed by atoms with van der Waals surface area (Å²) in [5, 5.41) is 6.26. The Morgan fingerprint density at radius 3 is 2.62 bits per heavy atom. The van der Waals surface area contributed by atoms with Crippen molar-refractivity contribution in [2.45, 2.75) is 11.5 Å². The molecule has 0 aliphatic rings. The van der Waals surface area contributed by atoms with Crippen LogP contribution in [0, 0.1) is 0 Å². The van der Waals surface area contributed by atoms with Crippen molar-refractivity contribution >= 4 is 21.6 Å². The molecule has 0 amide bonds. The Kier molecular flexibility index (Phi) is 5.57. The molecule has 6 nitrogen and oxygen atoms in total. The van der Waals surface area contributed by atoms with E-state index < -0.39 is 10.8 Å². The maximum atomic E-state index is 12.7. The van der Waals surface area contributed by atoms with Crippen molar-refractivity contribution in [1.29, 1.82) is 0 Å². The molecule has 0 aliphatic heterocycles. The summed E-state index contributed by atoms with van der Waals surface area (Å²) in [4.78, 5) is 4.40. The topological polar surface area (TPSA) is 74.5 Å². The molecule has 1 heterocycles. The quantitative estimate of drug-likeness (QED) is 0.452. The third-order valence-corrected chi connectivity index (χ3v) is 5.80. The molecule has 0 radical (unpaired) electrons. The molecular weight excluding hydrogens is 388 g/mol. The van der Waals surface area contributed by atoms with Crippen molar-refractivity contribution in [3.63, 3.8) is 0 Å². The number of hydrogen-bond donors (Lipinski definition) is 0. The molecule has 0 N–H and O–H groups in total.